The summed E-state index contributed by atoms with van der Waals surface area (Å²) in [5.74, 6) is 0. The van der Waals surface area contributed by atoms with Crippen LogP contribution < -0.4 is 23.2 Å². The molecule has 13 aromatic carbocycles. The Balaban J connectivity index is 0.000000109. The second-order valence-corrected chi connectivity index (χ2v) is 32.4. The van der Waals surface area contributed by atoms with E-state index >= 15 is 0 Å². The van der Waals surface area contributed by atoms with Crippen molar-refractivity contribution < 1.29 is 18.3 Å². The number of aryl methyl sites for hydroxylation is 10. The lowest BCUT2D eigenvalue weighted by Gasteiger charge is -2.28. The predicted octanol–water partition coefficient (Wildman–Crippen LogP) is 22.3. The summed E-state index contributed by atoms with van der Waals surface area (Å²) in [5, 5.41) is 22.8. The van der Waals surface area contributed by atoms with E-state index in [0.717, 1.165) is 40.2 Å². The van der Waals surface area contributed by atoms with Crippen LogP contribution in [0.3, 0.4) is 0 Å². The molecule has 116 heavy (non-hydrogen) atoms. The van der Waals surface area contributed by atoms with Crippen LogP contribution in [-0.2, 0) is 34.6 Å². The summed E-state index contributed by atoms with van der Waals surface area (Å²) in [4.78, 5) is 31.1. The number of fused-ring (bicyclic) bond motifs is 15. The van der Waals surface area contributed by atoms with Crippen molar-refractivity contribution in [2.45, 2.75) is 81.8 Å². The molecule has 0 spiro atoms. The van der Waals surface area contributed by atoms with E-state index in [1.807, 2.05) is 93.9 Å². The minimum absolute atomic E-state index is 0.221. The van der Waals surface area contributed by atoms with Gasteiger partial charge < -0.3 is 9.80 Å². The lowest BCUT2D eigenvalue weighted by Crippen LogP contribution is -2.33. The van der Waals surface area contributed by atoms with Crippen molar-refractivity contribution in [3.63, 3.8) is 0 Å². The fraction of sp³-hybridized carbons (Fsp3) is 0.173. The van der Waals surface area contributed by atoms with Crippen molar-refractivity contribution in [1.82, 2.24) is 34.8 Å². The standard InChI is InChI=1S/C25H27N2.C21H19N2.C20H20N2.2C19H16N3/c1-17-12-19-11-10-18-8-6-7-9-21(18)23(19)14-22(17)24-13-20(15-25(2,3)4)26-16-27(24)5;1-14-10-17-9-8-16-6-4-5-7-18(16)20(17)12-19(14)21-11-15(2)22-13-23(21)3;1-14-12-17-9-8-16-6-4-5-7-18(16)19(17)13-20(14)22-11-10-21(3)15(22)2;1-13-9-14-11-21-18-6-4-3-5-15(18)17(14)10-16(13)19-7-8-20-12-22(19)2;1-13-9-18-17(15-6-4-3-5-14(15)11-21-18)10-16(13)19-7-8-20-12-22(19)2/h6-14,16H,15H2,1-5H3;4-13H,1-3H3;4-13,15H,1-3H3;2*3-12H,1-2H3/q2*+1;;2*+1/t;;15-;;/m..0../s1. The molecule has 0 unspecified atom stereocenters. The Morgan fingerprint density at radius 1 is 0.328 bits per heavy atom. The predicted molar refractivity (Wildman–Crippen MR) is 481 cm³/mol. The molecule has 0 saturated carbocycles. The third-order valence-electron chi connectivity index (χ3n) is 22.8. The molecule has 19 aromatic rings. The van der Waals surface area contributed by atoms with E-state index in [4.69, 9.17) is 0 Å². The Kier molecular flexibility index (Phi) is 21.2. The highest BCUT2D eigenvalue weighted by Gasteiger charge is 2.24. The van der Waals surface area contributed by atoms with Crippen LogP contribution in [0.4, 0.5) is 5.69 Å². The normalized spacial score (nSPS) is 12.7. The molecule has 1 aliphatic rings. The quantitative estimate of drug-likeness (QED) is 0.120. The highest BCUT2D eigenvalue weighted by molar-refractivity contribution is 6.12. The van der Waals surface area contributed by atoms with Crippen molar-refractivity contribution in [1.29, 1.82) is 0 Å². The van der Waals surface area contributed by atoms with Gasteiger partial charge in [0.25, 0.3) is 25.3 Å². The first-order chi connectivity index (χ1) is 56.1. The lowest BCUT2D eigenvalue weighted by atomic mass is 9.89. The molecule has 12 nitrogen and oxygen atoms in total. The smallest absolute Gasteiger partial charge is 0.286 e. The first-order valence-corrected chi connectivity index (χ1v) is 39.9. The molecule has 0 N–H and O–H groups in total. The molecular weight excluding hydrogens is 1420 g/mol. The third-order valence-corrected chi connectivity index (χ3v) is 22.8. The summed E-state index contributed by atoms with van der Waals surface area (Å²) in [6.07, 6.45) is 20.7. The van der Waals surface area contributed by atoms with Crippen LogP contribution in [0.2, 0.25) is 0 Å². The maximum Gasteiger partial charge on any atom is 0.286 e. The highest BCUT2D eigenvalue weighted by atomic mass is 15.4. The number of anilines is 1. The number of hydrogen-bond donors (Lipinski definition) is 0. The van der Waals surface area contributed by atoms with Gasteiger partial charge in [0.2, 0.25) is 0 Å². The van der Waals surface area contributed by atoms with E-state index in [1.54, 1.807) is 0 Å². The van der Waals surface area contributed by atoms with Gasteiger partial charge in [-0.15, -0.1) is 0 Å². The lowest BCUT2D eigenvalue weighted by molar-refractivity contribution is -0.663. The molecule has 1 aliphatic heterocycles. The Hall–Kier alpha value is -13.6. The number of hydrogen-bond acceptors (Lipinski definition) is 8. The van der Waals surface area contributed by atoms with Crippen molar-refractivity contribution >= 4 is 114 Å². The van der Waals surface area contributed by atoms with Crippen LogP contribution in [0.1, 0.15) is 66.9 Å². The zero-order chi connectivity index (χ0) is 80.6. The number of benzene rings is 13. The molecule has 0 radical (unpaired) electrons. The Bertz CT molecular complexity index is 6890. The van der Waals surface area contributed by atoms with Crippen LogP contribution in [0.25, 0.3) is 153 Å². The first kappa shape index (κ1) is 76.4. The number of rotatable bonds is 6. The molecule has 0 fully saturated rings. The molecule has 0 amide bonds. The number of para-hydroxylation sites is 1. The molecule has 1 atom stereocenters. The second-order valence-electron chi connectivity index (χ2n) is 32.4. The molecule has 570 valence electrons. The molecule has 0 saturated heterocycles. The van der Waals surface area contributed by atoms with Crippen LogP contribution in [0, 0.1) is 47.0 Å². The van der Waals surface area contributed by atoms with Crippen molar-refractivity contribution in [2.24, 2.45) is 33.6 Å². The van der Waals surface area contributed by atoms with Crippen molar-refractivity contribution in [2.75, 3.05) is 11.9 Å². The minimum Gasteiger partial charge on any atom is -0.359 e. The molecule has 7 heterocycles. The summed E-state index contributed by atoms with van der Waals surface area (Å²) < 4.78 is 8.32. The molecule has 20 rings (SSSR count). The maximum absolute atomic E-state index is 4.65. The van der Waals surface area contributed by atoms with Gasteiger partial charge in [0.1, 0.15) is 41.3 Å². The SMILES string of the molecule is Cc1cc(-c2cc3c(ccc4ccccc43)cc2C)[n+](C)cn1.Cc1cc2ccc3ccccc3c2cc1-c1cc(CC(C)(C)C)nc[n+]1C.Cc1cc2ccc3ccccc3c2cc1N1C=CN(C)[C@@H]1C.Cc1cc2cnc3ccccc3c2cc1-c1ccnc[n+]1C.Cc1cc2ncc3ccccc3c2cc1-c1ccnc[n+]1C. The van der Waals surface area contributed by atoms with E-state index in [9.17, 15) is 0 Å². The zero-order valence-electron chi connectivity index (χ0n) is 69.0. The monoisotopic (exact) mass is 1510 g/mol. The van der Waals surface area contributed by atoms with Gasteiger partial charge in [-0.25, -0.2) is 18.3 Å². The number of nitrogens with zero attached hydrogens (tertiary/aromatic N) is 12. The number of aromatic nitrogens is 10. The Morgan fingerprint density at radius 3 is 1.24 bits per heavy atom. The van der Waals surface area contributed by atoms with E-state index < -0.39 is 0 Å². The average molecular weight is 1520 g/mol. The molecule has 0 bridgehead atoms. The summed E-state index contributed by atoms with van der Waals surface area (Å²) >= 11 is 0. The minimum atomic E-state index is 0.221. The molecular formula is C104H98N12+4. The van der Waals surface area contributed by atoms with Crippen molar-refractivity contribution in [3.8, 4) is 45.0 Å². The van der Waals surface area contributed by atoms with Gasteiger partial charge in [0.05, 0.1) is 39.2 Å². The zero-order valence-corrected chi connectivity index (χ0v) is 69.0. The largest absolute Gasteiger partial charge is 0.359 e. The van der Waals surface area contributed by atoms with Gasteiger partial charge in [-0.1, -0.05) is 204 Å². The van der Waals surface area contributed by atoms with Gasteiger partial charge in [-0.3, -0.25) is 9.97 Å². The topological polar surface area (TPSA) is 99.3 Å². The third kappa shape index (κ3) is 15.6. The van der Waals surface area contributed by atoms with Gasteiger partial charge in [0, 0.05) is 119 Å². The number of pyridine rings is 2. The summed E-state index contributed by atoms with van der Waals surface area (Å²) in [6, 6.07) is 87.1. The fourth-order valence-corrected chi connectivity index (χ4v) is 16.5. The van der Waals surface area contributed by atoms with E-state index in [1.165, 1.54) is 164 Å². The summed E-state index contributed by atoms with van der Waals surface area (Å²) in [5.41, 5.74) is 21.8. The van der Waals surface area contributed by atoms with Gasteiger partial charge in [0.15, 0.2) is 11.4 Å². The highest BCUT2D eigenvalue weighted by Crippen LogP contribution is 2.39. The first-order valence-electron chi connectivity index (χ1n) is 39.9. The van der Waals surface area contributed by atoms with E-state index in [-0.39, 0.29) is 5.41 Å². The molecule has 12 heteroatoms. The van der Waals surface area contributed by atoms with Crippen LogP contribution in [0.15, 0.2) is 305 Å². The Morgan fingerprint density at radius 2 is 0.724 bits per heavy atom. The van der Waals surface area contributed by atoms with E-state index in [2.05, 4.69) is 374 Å². The van der Waals surface area contributed by atoms with Gasteiger partial charge in [-0.2, -0.15) is 0 Å². The fourth-order valence-electron chi connectivity index (χ4n) is 16.5. The maximum atomic E-state index is 4.65. The van der Waals surface area contributed by atoms with Crippen molar-refractivity contribution in [3.05, 3.63) is 344 Å². The van der Waals surface area contributed by atoms with Crippen LogP contribution in [0.5, 0.6) is 0 Å². The molecule has 0 aliphatic carbocycles. The van der Waals surface area contributed by atoms with E-state index in [0.29, 0.717) is 6.17 Å². The summed E-state index contributed by atoms with van der Waals surface area (Å²) in [7, 11) is 10.3. The second kappa shape index (κ2) is 32.1. The Labute approximate surface area is 679 Å². The van der Waals surface area contributed by atoms with Gasteiger partial charge >= 0.3 is 0 Å². The van der Waals surface area contributed by atoms with Crippen LogP contribution >= 0.6 is 0 Å². The summed E-state index contributed by atoms with van der Waals surface area (Å²) in [6.45, 7) is 21.9. The van der Waals surface area contributed by atoms with Gasteiger partial charge in [-0.05, 0) is 205 Å². The average Bonchev–Trinajstić information content (AvgIpc) is 1.71. The molecule has 6 aromatic heterocycles. The van der Waals surface area contributed by atoms with Crippen LogP contribution in [-0.4, -0.2) is 48.0 Å².